The molecule has 4 N–H and O–H groups in total. The predicted octanol–water partition coefficient (Wildman–Crippen LogP) is 0.915. The van der Waals surface area contributed by atoms with Crippen molar-refractivity contribution >= 4 is 68.0 Å². The normalized spacial score (nSPS) is 16.3. The van der Waals surface area contributed by atoms with E-state index in [0.717, 1.165) is 23.1 Å². The van der Waals surface area contributed by atoms with Crippen LogP contribution in [0.2, 0.25) is 0 Å². The summed E-state index contributed by atoms with van der Waals surface area (Å²) in [6, 6.07) is 14.8. The topological polar surface area (TPSA) is 260 Å². The van der Waals surface area contributed by atoms with Gasteiger partial charge in [0.2, 0.25) is 10.8 Å². The first-order valence-corrected chi connectivity index (χ1v) is 18.3. The van der Waals surface area contributed by atoms with E-state index in [0.29, 0.717) is 16.3 Å². The molecule has 5 rings (SSSR count). The lowest BCUT2D eigenvalue weighted by Gasteiger charge is -2.43. The number of carbonyl (C=O) groups excluding carboxylic acids is 4. The number of carbonyl (C=O) groups is 4. The van der Waals surface area contributed by atoms with Gasteiger partial charge in [0, 0.05) is 12.4 Å². The van der Waals surface area contributed by atoms with Gasteiger partial charge >= 0.3 is 22.2 Å². The number of amides is 2. The number of nitrogen functional groups attached to an aromatic ring is 1. The Bertz CT molecular complexity index is 2040. The number of anilines is 1. The lowest BCUT2D eigenvalue weighted by atomic mass is 9.99. The third kappa shape index (κ3) is 8.88. The van der Waals surface area contributed by atoms with E-state index < -0.39 is 70.2 Å². The molecule has 3 heterocycles. The molecule has 1 saturated heterocycles. The fourth-order valence-corrected chi connectivity index (χ4v) is 6.71. The van der Waals surface area contributed by atoms with Crippen LogP contribution in [0.4, 0.5) is 5.13 Å². The van der Waals surface area contributed by atoms with Crippen molar-refractivity contribution in [1.82, 2.24) is 34.8 Å². The van der Waals surface area contributed by atoms with E-state index in [1.807, 2.05) is 12.1 Å². The molecular weight excluding hydrogens is 743 g/mol. The van der Waals surface area contributed by atoms with Gasteiger partial charge in [-0.3, -0.25) is 18.9 Å². The average molecular weight is 774 g/mol. The Hall–Kier alpha value is -5.45. The molecule has 1 aliphatic heterocycles. The van der Waals surface area contributed by atoms with Crippen molar-refractivity contribution in [3.05, 3.63) is 82.9 Å². The minimum atomic E-state index is -5.12. The zero-order chi connectivity index (χ0) is 37.6. The van der Waals surface area contributed by atoms with Gasteiger partial charge in [0.25, 0.3) is 11.8 Å². The lowest BCUT2D eigenvalue weighted by molar-refractivity contribution is -0.172. The molecule has 0 aliphatic carbocycles. The summed E-state index contributed by atoms with van der Waals surface area (Å²) in [6.45, 7) is 1.99. The maximum absolute atomic E-state index is 13.6. The molecule has 0 saturated carbocycles. The van der Waals surface area contributed by atoms with Crippen LogP contribution in [-0.2, 0) is 50.8 Å². The Kier molecular flexibility index (Phi) is 11.5. The van der Waals surface area contributed by atoms with Crippen molar-refractivity contribution in [1.29, 1.82) is 0 Å². The highest BCUT2D eigenvalue weighted by molar-refractivity contribution is 7.99. The Morgan fingerprint density at radius 1 is 1.12 bits per heavy atom. The van der Waals surface area contributed by atoms with Crippen molar-refractivity contribution in [3.8, 4) is 0 Å². The molecule has 2 amide bonds. The summed E-state index contributed by atoms with van der Waals surface area (Å²) in [7, 11) is -3.57. The summed E-state index contributed by atoms with van der Waals surface area (Å²) in [5.41, 5.74) is 4.71. The highest BCUT2D eigenvalue weighted by Crippen LogP contribution is 2.29. The van der Waals surface area contributed by atoms with Gasteiger partial charge in [-0.05, 0) is 35.4 Å². The maximum Gasteiger partial charge on any atom is 0.362 e. The number of oxime groups is 1. The summed E-state index contributed by atoms with van der Waals surface area (Å²) < 4.78 is 46.0. The number of esters is 2. The number of β-lactam (4-membered cyclic amide) rings is 1. The number of thiazole rings is 1. The van der Waals surface area contributed by atoms with Crippen molar-refractivity contribution < 1.29 is 46.5 Å². The highest BCUT2D eigenvalue weighted by Gasteiger charge is 2.55. The number of rotatable bonds is 15. The molecular formula is C30H31N9O10S3. The number of hydrogen-bond acceptors (Lipinski definition) is 17. The van der Waals surface area contributed by atoms with Crippen LogP contribution in [0.15, 0.2) is 76.4 Å². The van der Waals surface area contributed by atoms with Gasteiger partial charge in [-0.1, -0.05) is 77.6 Å². The third-order valence-corrected chi connectivity index (χ3v) is 9.89. The predicted molar refractivity (Wildman–Crippen MR) is 184 cm³/mol. The van der Waals surface area contributed by atoms with Crippen molar-refractivity contribution in [2.45, 2.75) is 42.8 Å². The van der Waals surface area contributed by atoms with E-state index in [-0.39, 0.29) is 20.9 Å². The molecule has 52 heavy (non-hydrogen) atoms. The molecule has 19 nitrogen and oxygen atoms in total. The van der Waals surface area contributed by atoms with E-state index in [1.165, 1.54) is 23.9 Å². The molecule has 0 bridgehead atoms. The number of nitrogens with zero attached hydrogens (tertiary/aromatic N) is 7. The Morgan fingerprint density at radius 3 is 2.29 bits per heavy atom. The van der Waals surface area contributed by atoms with Crippen LogP contribution in [0.5, 0.6) is 0 Å². The van der Waals surface area contributed by atoms with E-state index in [2.05, 4.69) is 31.0 Å². The second-order valence-corrected chi connectivity index (χ2v) is 14.5. The van der Waals surface area contributed by atoms with Gasteiger partial charge in [-0.2, -0.15) is 8.42 Å². The quantitative estimate of drug-likeness (QED) is 0.0379. The van der Waals surface area contributed by atoms with Crippen molar-refractivity contribution in [2.75, 3.05) is 18.1 Å². The van der Waals surface area contributed by atoms with Crippen LogP contribution < -0.4 is 11.1 Å². The second-order valence-electron chi connectivity index (χ2n) is 11.4. The smallest absolute Gasteiger partial charge is 0.362 e. The van der Waals surface area contributed by atoms with Crippen molar-refractivity contribution in [3.63, 3.8) is 0 Å². The SMILES string of the molecule is Cn1nnnc1SCC(=O)OC[C@H]1[C@@H](NC(=O)/C(=N\OC(C)(C)C(=O)OC(c2ccccc2)c2ccccc2)c2csc(N)n2)C(=O)N1S(=O)(=O)O. The van der Waals surface area contributed by atoms with Gasteiger partial charge in [-0.25, -0.2) is 18.8 Å². The number of thioether (sulfide) groups is 1. The molecule has 0 radical (unpaired) electrons. The number of aryl methyl sites for hydroxylation is 1. The summed E-state index contributed by atoms with van der Waals surface area (Å²) in [5, 5.41) is 18.7. The monoisotopic (exact) mass is 773 g/mol. The number of tetrazole rings is 1. The van der Waals surface area contributed by atoms with E-state index in [1.54, 1.807) is 55.6 Å². The first kappa shape index (κ1) is 37.8. The van der Waals surface area contributed by atoms with Gasteiger partial charge in [0.15, 0.2) is 16.9 Å². The van der Waals surface area contributed by atoms with Gasteiger partial charge < -0.3 is 25.4 Å². The van der Waals surface area contributed by atoms with Gasteiger partial charge in [0.1, 0.15) is 24.4 Å². The Labute approximate surface area is 304 Å². The van der Waals surface area contributed by atoms with Crippen LogP contribution in [0, 0.1) is 0 Å². The number of benzene rings is 2. The van der Waals surface area contributed by atoms with Crippen LogP contribution in [-0.4, -0.2) is 102 Å². The average Bonchev–Trinajstić information content (AvgIpc) is 3.73. The first-order chi connectivity index (χ1) is 24.7. The fourth-order valence-electron chi connectivity index (χ4n) is 4.65. The largest absolute Gasteiger partial charge is 0.463 e. The number of nitrogens with one attached hydrogen (secondary N) is 1. The number of ether oxygens (including phenoxy) is 2. The number of aromatic nitrogens is 5. The summed E-state index contributed by atoms with van der Waals surface area (Å²) in [5.74, 6) is -4.30. The molecule has 2 atom stereocenters. The molecule has 4 aromatic rings. The maximum atomic E-state index is 13.6. The van der Waals surface area contributed by atoms with Crippen LogP contribution in [0.1, 0.15) is 36.8 Å². The summed E-state index contributed by atoms with van der Waals surface area (Å²) in [4.78, 5) is 62.0. The van der Waals surface area contributed by atoms with Gasteiger partial charge in [-0.15, -0.1) is 16.4 Å². The molecule has 2 aromatic heterocycles. The zero-order valence-corrected chi connectivity index (χ0v) is 30.0. The minimum Gasteiger partial charge on any atom is -0.463 e. The van der Waals surface area contributed by atoms with Crippen LogP contribution in [0.3, 0.4) is 0 Å². The lowest BCUT2D eigenvalue weighted by Crippen LogP contribution is -2.73. The summed E-state index contributed by atoms with van der Waals surface area (Å²) in [6.07, 6.45) is -0.813. The first-order valence-electron chi connectivity index (χ1n) is 15.1. The van der Waals surface area contributed by atoms with Gasteiger partial charge in [0.05, 0.1) is 5.75 Å². The van der Waals surface area contributed by atoms with Crippen LogP contribution in [0.25, 0.3) is 0 Å². The zero-order valence-electron chi connectivity index (χ0n) is 27.6. The number of hydrogen-bond donors (Lipinski definition) is 3. The van der Waals surface area contributed by atoms with E-state index in [4.69, 9.17) is 20.0 Å². The van der Waals surface area contributed by atoms with E-state index in [9.17, 15) is 32.1 Å². The van der Waals surface area contributed by atoms with Crippen molar-refractivity contribution in [2.24, 2.45) is 12.2 Å². The molecule has 0 spiro atoms. The molecule has 0 unspecified atom stereocenters. The highest BCUT2D eigenvalue weighted by atomic mass is 32.2. The minimum absolute atomic E-state index is 0.0415. The molecule has 2 aromatic carbocycles. The van der Waals surface area contributed by atoms with E-state index >= 15 is 0 Å². The van der Waals surface area contributed by atoms with Crippen LogP contribution >= 0.6 is 23.1 Å². The molecule has 22 heteroatoms. The Morgan fingerprint density at radius 2 is 1.75 bits per heavy atom. The molecule has 274 valence electrons. The standard InChI is InChI=1S/C30H31N9O10S3/c1-30(2,27(43)48-24(17-10-6-4-7-11-17)18-12-8-5-9-13-18)49-35-22(19-15-50-28(31)32-19)25(41)33-23-20(39(26(23)42)52(44,45)46)14-47-21(40)16-51-29-34-36-37-38(29)3/h4-13,15,20,23-24H,14,16H2,1-3H3,(H2,31,32)(H,33,41)(H,44,45,46)/b35-22-/t20-,23+/m0/s1. The Balaban J connectivity index is 1.32. The summed E-state index contributed by atoms with van der Waals surface area (Å²) >= 11 is 1.88. The number of nitrogens with two attached hydrogens (primary N) is 1. The molecule has 1 fully saturated rings. The second kappa shape index (κ2) is 15.8. The molecule has 1 aliphatic rings. The third-order valence-electron chi connectivity index (χ3n) is 7.29. The fraction of sp³-hybridized carbons (Fsp3) is 0.300.